The van der Waals surface area contributed by atoms with Crippen LogP contribution < -0.4 is 15.0 Å². The number of benzene rings is 2. The van der Waals surface area contributed by atoms with Gasteiger partial charge in [-0.05, 0) is 50.3 Å². The minimum atomic E-state index is -0.0745. The Balaban J connectivity index is 1.35. The number of hydrogen-bond acceptors (Lipinski definition) is 5. The summed E-state index contributed by atoms with van der Waals surface area (Å²) in [7, 11) is 0. The van der Waals surface area contributed by atoms with E-state index >= 15 is 0 Å². The maximum Gasteiger partial charge on any atom is 0.263 e. The number of anilines is 1. The summed E-state index contributed by atoms with van der Waals surface area (Å²) >= 11 is 0. The van der Waals surface area contributed by atoms with Crippen LogP contribution in [0.1, 0.15) is 31.7 Å². The lowest BCUT2D eigenvalue weighted by molar-refractivity contribution is -0.125. The molecule has 1 aromatic heterocycles. The van der Waals surface area contributed by atoms with Crippen LogP contribution in [0.4, 0.5) is 5.82 Å². The van der Waals surface area contributed by atoms with Crippen molar-refractivity contribution in [2.75, 3.05) is 18.0 Å². The van der Waals surface area contributed by atoms with Gasteiger partial charge in [-0.15, -0.1) is 0 Å². The summed E-state index contributed by atoms with van der Waals surface area (Å²) in [5.74, 6) is 1.91. The number of piperidine rings is 1. The highest BCUT2D eigenvalue weighted by Crippen LogP contribution is 2.31. The zero-order valence-electron chi connectivity index (χ0n) is 18.5. The van der Waals surface area contributed by atoms with Gasteiger partial charge < -0.3 is 15.0 Å². The van der Waals surface area contributed by atoms with Crippen molar-refractivity contribution in [3.63, 3.8) is 0 Å². The molecule has 0 radical (unpaired) electrons. The van der Waals surface area contributed by atoms with Crippen LogP contribution >= 0.6 is 0 Å². The van der Waals surface area contributed by atoms with Gasteiger partial charge in [-0.25, -0.2) is 9.97 Å². The number of aromatic nitrogens is 2. The zero-order chi connectivity index (χ0) is 22.2. The molecule has 0 bridgehead atoms. The fourth-order valence-corrected chi connectivity index (χ4v) is 4.05. The van der Waals surface area contributed by atoms with Crippen molar-refractivity contribution >= 4 is 11.7 Å². The molecular formula is C26H30N4O2. The smallest absolute Gasteiger partial charge is 0.263 e. The van der Waals surface area contributed by atoms with Crippen molar-refractivity contribution in [2.24, 2.45) is 5.92 Å². The van der Waals surface area contributed by atoms with Crippen molar-refractivity contribution in [2.45, 2.75) is 38.6 Å². The first-order valence-electron chi connectivity index (χ1n) is 11.3. The van der Waals surface area contributed by atoms with E-state index in [1.54, 1.807) is 12.4 Å². The number of nitrogens with one attached hydrogen (secondary N) is 1. The quantitative estimate of drug-likeness (QED) is 0.565. The SMILES string of the molecule is C[C@H](CCc1ccccc1)NC(=O)[C@H]1CCCN(c2nccnc2Oc2ccccc2)C1. The number of carbonyl (C=O) groups excluding carboxylic acids is 1. The van der Waals surface area contributed by atoms with Crippen molar-refractivity contribution in [1.29, 1.82) is 0 Å². The summed E-state index contributed by atoms with van der Waals surface area (Å²) < 4.78 is 5.98. The van der Waals surface area contributed by atoms with Crippen LogP contribution in [0, 0.1) is 5.92 Å². The van der Waals surface area contributed by atoms with Crippen LogP contribution in [0.3, 0.4) is 0 Å². The molecule has 0 saturated carbocycles. The highest BCUT2D eigenvalue weighted by atomic mass is 16.5. The molecule has 6 heteroatoms. The lowest BCUT2D eigenvalue weighted by Crippen LogP contribution is -2.45. The Labute approximate surface area is 189 Å². The third-order valence-corrected chi connectivity index (χ3v) is 5.79. The molecule has 3 aromatic rings. The van der Waals surface area contributed by atoms with E-state index in [0.717, 1.165) is 32.2 Å². The molecule has 2 atom stereocenters. The Morgan fingerprint density at radius 3 is 2.59 bits per heavy atom. The van der Waals surface area contributed by atoms with E-state index in [4.69, 9.17) is 4.74 Å². The molecule has 1 aliphatic heterocycles. The number of hydrogen-bond donors (Lipinski definition) is 1. The number of nitrogens with zero attached hydrogens (tertiary/aromatic N) is 3. The van der Waals surface area contributed by atoms with Gasteiger partial charge in [-0.3, -0.25) is 4.79 Å². The highest BCUT2D eigenvalue weighted by molar-refractivity contribution is 5.80. The molecule has 0 aliphatic carbocycles. The van der Waals surface area contributed by atoms with Gasteiger partial charge in [0, 0.05) is 31.5 Å². The first-order valence-corrected chi connectivity index (χ1v) is 11.3. The predicted octanol–water partition coefficient (Wildman–Crippen LogP) is 4.62. The van der Waals surface area contributed by atoms with E-state index in [1.165, 1.54) is 5.56 Å². The number of aryl methyl sites for hydroxylation is 1. The minimum Gasteiger partial charge on any atom is -0.436 e. The van der Waals surface area contributed by atoms with Gasteiger partial charge in [0.2, 0.25) is 5.91 Å². The fraction of sp³-hybridized carbons (Fsp3) is 0.346. The van der Waals surface area contributed by atoms with Crippen LogP contribution in [0.25, 0.3) is 0 Å². The van der Waals surface area contributed by atoms with Crippen molar-refractivity contribution < 1.29 is 9.53 Å². The Kier molecular flexibility index (Phi) is 7.33. The second kappa shape index (κ2) is 10.8. The van der Waals surface area contributed by atoms with Gasteiger partial charge >= 0.3 is 0 Å². The Morgan fingerprint density at radius 1 is 1.09 bits per heavy atom. The lowest BCUT2D eigenvalue weighted by atomic mass is 9.96. The molecule has 32 heavy (non-hydrogen) atoms. The molecule has 0 spiro atoms. The molecule has 1 aliphatic rings. The maximum absolute atomic E-state index is 13.0. The Bertz CT molecular complexity index is 997. The number of para-hydroxylation sites is 1. The molecule has 166 valence electrons. The molecular weight excluding hydrogens is 400 g/mol. The third-order valence-electron chi connectivity index (χ3n) is 5.79. The minimum absolute atomic E-state index is 0.0745. The van der Waals surface area contributed by atoms with E-state index in [-0.39, 0.29) is 17.9 Å². The van der Waals surface area contributed by atoms with Crippen LogP contribution in [0.5, 0.6) is 11.6 Å². The summed E-state index contributed by atoms with van der Waals surface area (Å²) in [6, 6.07) is 20.1. The average Bonchev–Trinajstić information content (AvgIpc) is 2.84. The molecule has 2 heterocycles. The molecule has 1 fully saturated rings. The second-order valence-corrected chi connectivity index (χ2v) is 8.32. The van der Waals surface area contributed by atoms with Gasteiger partial charge in [-0.1, -0.05) is 48.5 Å². The molecule has 1 amide bonds. The summed E-state index contributed by atoms with van der Waals surface area (Å²) in [5, 5.41) is 3.21. The zero-order valence-corrected chi connectivity index (χ0v) is 18.5. The van der Waals surface area contributed by atoms with Gasteiger partial charge in [0.15, 0.2) is 5.82 Å². The molecule has 1 saturated heterocycles. The first kappa shape index (κ1) is 21.8. The number of carbonyl (C=O) groups is 1. The third kappa shape index (κ3) is 5.84. The summed E-state index contributed by atoms with van der Waals surface area (Å²) in [6.07, 6.45) is 6.98. The normalized spacial score (nSPS) is 16.9. The monoisotopic (exact) mass is 430 g/mol. The van der Waals surface area contributed by atoms with Gasteiger partial charge in [0.1, 0.15) is 5.75 Å². The van der Waals surface area contributed by atoms with Crippen molar-refractivity contribution in [3.05, 3.63) is 78.6 Å². The summed E-state index contributed by atoms with van der Waals surface area (Å²) in [5.41, 5.74) is 1.30. The first-order chi connectivity index (χ1) is 15.7. The Hall–Kier alpha value is -3.41. The van der Waals surface area contributed by atoms with E-state index in [1.807, 2.05) is 36.4 Å². The summed E-state index contributed by atoms with van der Waals surface area (Å²) in [4.78, 5) is 24.0. The Morgan fingerprint density at radius 2 is 1.81 bits per heavy atom. The van der Waals surface area contributed by atoms with Crippen LogP contribution in [0.15, 0.2) is 73.1 Å². The topological polar surface area (TPSA) is 67.4 Å². The summed E-state index contributed by atoms with van der Waals surface area (Å²) in [6.45, 7) is 3.52. The molecule has 2 aromatic carbocycles. The van der Waals surface area contributed by atoms with Gasteiger partial charge in [0.25, 0.3) is 5.88 Å². The van der Waals surface area contributed by atoms with Crippen LogP contribution in [-0.4, -0.2) is 35.0 Å². The molecule has 6 nitrogen and oxygen atoms in total. The van der Waals surface area contributed by atoms with E-state index in [0.29, 0.717) is 24.0 Å². The molecule has 4 rings (SSSR count). The van der Waals surface area contributed by atoms with Crippen molar-refractivity contribution in [1.82, 2.24) is 15.3 Å². The van der Waals surface area contributed by atoms with Crippen LogP contribution in [-0.2, 0) is 11.2 Å². The van der Waals surface area contributed by atoms with Gasteiger partial charge in [-0.2, -0.15) is 0 Å². The highest BCUT2D eigenvalue weighted by Gasteiger charge is 2.29. The number of ether oxygens (including phenoxy) is 1. The molecule has 1 N–H and O–H groups in total. The molecule has 0 unspecified atom stereocenters. The lowest BCUT2D eigenvalue weighted by Gasteiger charge is -2.33. The van der Waals surface area contributed by atoms with Crippen LogP contribution in [0.2, 0.25) is 0 Å². The van der Waals surface area contributed by atoms with Crippen molar-refractivity contribution in [3.8, 4) is 11.6 Å². The largest absolute Gasteiger partial charge is 0.436 e. The maximum atomic E-state index is 13.0. The van der Waals surface area contributed by atoms with Gasteiger partial charge in [0.05, 0.1) is 5.92 Å². The van der Waals surface area contributed by atoms with E-state index in [2.05, 4.69) is 51.4 Å². The standard InChI is InChI=1S/C26H30N4O2/c1-20(14-15-21-9-4-2-5-10-21)29-25(31)22-11-8-18-30(19-22)24-26(28-17-16-27-24)32-23-12-6-3-7-13-23/h2-7,9-10,12-13,16-17,20,22H,8,11,14-15,18-19H2,1H3,(H,29,31)/t20-,22+/m1/s1. The fourth-order valence-electron chi connectivity index (χ4n) is 4.05. The number of rotatable bonds is 8. The average molecular weight is 431 g/mol. The predicted molar refractivity (Wildman–Crippen MR) is 126 cm³/mol. The second-order valence-electron chi connectivity index (χ2n) is 8.32. The van der Waals surface area contributed by atoms with E-state index < -0.39 is 0 Å². The van der Waals surface area contributed by atoms with E-state index in [9.17, 15) is 4.79 Å². The number of amides is 1.